The van der Waals surface area contributed by atoms with Gasteiger partial charge in [0, 0.05) is 59.4 Å². The fraction of sp³-hybridized carbons (Fsp3) is 0.611. The zero-order chi connectivity index (χ0) is 19.3. The van der Waals surface area contributed by atoms with Gasteiger partial charge in [-0.1, -0.05) is 23.7 Å². The number of hydrogen-bond acceptors (Lipinski definition) is 5. The van der Waals surface area contributed by atoms with Crippen molar-refractivity contribution in [2.45, 2.75) is 0 Å². The average Bonchev–Trinajstić information content (AvgIpc) is 2.67. The summed E-state index contributed by atoms with van der Waals surface area (Å²) in [6, 6.07) is 7.95. The molecule has 0 atom stereocenters. The first-order valence-electron chi connectivity index (χ1n) is 9.36. The Bertz CT molecular complexity index is 755. The quantitative estimate of drug-likeness (QED) is 0.353. The van der Waals surface area contributed by atoms with Crippen LogP contribution >= 0.6 is 35.6 Å². The number of anilines is 1. The molecule has 0 radical (unpaired) electrons. The molecule has 1 aromatic rings. The number of piperazine rings is 1. The SMILES string of the molecule is CN=C(NCCN1CCS(=O)(=O)CC1)N1CCN(c2ccccc2Cl)CC1.I. The summed E-state index contributed by atoms with van der Waals surface area (Å²) in [5.41, 5.74) is 1.09. The van der Waals surface area contributed by atoms with Crippen LogP contribution in [-0.2, 0) is 9.84 Å². The molecule has 0 aromatic heterocycles. The fourth-order valence-corrected chi connectivity index (χ4v) is 5.03. The van der Waals surface area contributed by atoms with Gasteiger partial charge >= 0.3 is 0 Å². The summed E-state index contributed by atoms with van der Waals surface area (Å²) in [5.74, 6) is 1.44. The van der Waals surface area contributed by atoms with Crippen molar-refractivity contribution in [1.29, 1.82) is 0 Å². The summed E-state index contributed by atoms with van der Waals surface area (Å²) in [7, 11) is -1.02. The van der Waals surface area contributed by atoms with E-state index in [4.69, 9.17) is 11.6 Å². The summed E-state index contributed by atoms with van der Waals surface area (Å²) in [5, 5.41) is 4.20. The lowest BCUT2D eigenvalue weighted by molar-refractivity contribution is 0.296. The molecule has 10 heteroatoms. The number of benzene rings is 1. The van der Waals surface area contributed by atoms with E-state index in [1.807, 2.05) is 18.2 Å². The van der Waals surface area contributed by atoms with E-state index in [0.29, 0.717) is 13.1 Å². The number of sulfone groups is 1. The van der Waals surface area contributed by atoms with Crippen molar-refractivity contribution < 1.29 is 8.42 Å². The van der Waals surface area contributed by atoms with Crippen molar-refractivity contribution >= 4 is 57.1 Å². The number of nitrogens with zero attached hydrogens (tertiary/aromatic N) is 4. The molecule has 0 saturated carbocycles. The Morgan fingerprint density at radius 2 is 1.75 bits per heavy atom. The van der Waals surface area contributed by atoms with Crippen LogP contribution in [-0.4, -0.2) is 95.1 Å². The van der Waals surface area contributed by atoms with Crippen LogP contribution in [0.25, 0.3) is 0 Å². The second kappa shape index (κ2) is 10.8. The van der Waals surface area contributed by atoms with Gasteiger partial charge < -0.3 is 15.1 Å². The van der Waals surface area contributed by atoms with Gasteiger partial charge in [0.25, 0.3) is 0 Å². The Morgan fingerprint density at radius 1 is 1.11 bits per heavy atom. The first-order valence-corrected chi connectivity index (χ1v) is 11.6. The van der Waals surface area contributed by atoms with Crippen LogP contribution in [0, 0.1) is 0 Å². The minimum atomic E-state index is -2.82. The van der Waals surface area contributed by atoms with Crippen molar-refractivity contribution in [1.82, 2.24) is 15.1 Å². The highest BCUT2D eigenvalue weighted by Crippen LogP contribution is 2.25. The van der Waals surface area contributed by atoms with Crippen molar-refractivity contribution in [3.05, 3.63) is 29.3 Å². The Morgan fingerprint density at radius 3 is 2.36 bits per heavy atom. The van der Waals surface area contributed by atoms with Crippen LogP contribution in [0.5, 0.6) is 0 Å². The van der Waals surface area contributed by atoms with Gasteiger partial charge in [0.1, 0.15) is 0 Å². The van der Waals surface area contributed by atoms with Gasteiger partial charge in [0.15, 0.2) is 15.8 Å². The van der Waals surface area contributed by atoms with E-state index in [1.165, 1.54) is 0 Å². The van der Waals surface area contributed by atoms with Crippen molar-refractivity contribution in [2.24, 2.45) is 4.99 Å². The number of para-hydroxylation sites is 1. The number of nitrogens with one attached hydrogen (secondary N) is 1. The van der Waals surface area contributed by atoms with Gasteiger partial charge in [-0.3, -0.25) is 9.89 Å². The number of aliphatic imine (C=N–C) groups is 1. The van der Waals surface area contributed by atoms with Gasteiger partial charge in [-0.05, 0) is 12.1 Å². The lowest BCUT2D eigenvalue weighted by Crippen LogP contribution is -2.53. The summed E-state index contributed by atoms with van der Waals surface area (Å²) < 4.78 is 23.0. The van der Waals surface area contributed by atoms with E-state index in [9.17, 15) is 8.42 Å². The Hall–Kier alpha value is -0.780. The molecule has 28 heavy (non-hydrogen) atoms. The maximum absolute atomic E-state index is 11.5. The highest BCUT2D eigenvalue weighted by Gasteiger charge is 2.23. The lowest BCUT2D eigenvalue weighted by atomic mass is 10.2. The molecule has 2 heterocycles. The highest BCUT2D eigenvalue weighted by atomic mass is 127. The van der Waals surface area contributed by atoms with E-state index in [2.05, 4.69) is 31.1 Å². The predicted molar refractivity (Wildman–Crippen MR) is 127 cm³/mol. The van der Waals surface area contributed by atoms with E-state index < -0.39 is 9.84 Å². The molecule has 158 valence electrons. The van der Waals surface area contributed by atoms with E-state index >= 15 is 0 Å². The molecule has 0 amide bonds. The fourth-order valence-electron chi connectivity index (χ4n) is 3.50. The van der Waals surface area contributed by atoms with E-state index in [1.54, 1.807) is 7.05 Å². The summed E-state index contributed by atoms with van der Waals surface area (Å²) in [6.45, 7) is 6.40. The molecule has 0 spiro atoms. The molecule has 2 aliphatic rings. The Balaban J connectivity index is 0.00000280. The topological polar surface area (TPSA) is 68.2 Å². The number of guanidine groups is 1. The largest absolute Gasteiger partial charge is 0.367 e. The van der Waals surface area contributed by atoms with Gasteiger partial charge in [-0.25, -0.2) is 8.42 Å². The van der Waals surface area contributed by atoms with Crippen molar-refractivity contribution in [3.8, 4) is 0 Å². The molecular weight excluding hydrogens is 513 g/mol. The Labute approximate surface area is 190 Å². The first kappa shape index (κ1) is 23.5. The monoisotopic (exact) mass is 541 g/mol. The molecule has 2 aliphatic heterocycles. The molecule has 0 aliphatic carbocycles. The third kappa shape index (κ3) is 6.36. The molecule has 2 saturated heterocycles. The summed E-state index contributed by atoms with van der Waals surface area (Å²) in [6.07, 6.45) is 0. The standard InChI is InChI=1S/C18H28ClN5O2S.HI/c1-20-18(21-6-7-22-12-14-27(25,26)15-13-22)24-10-8-23(9-11-24)17-5-3-2-4-16(17)19;/h2-5H,6-15H2,1H3,(H,20,21);1H. The number of halogens is 2. The van der Waals surface area contributed by atoms with E-state index in [0.717, 1.165) is 55.9 Å². The van der Waals surface area contributed by atoms with Crippen LogP contribution in [0.1, 0.15) is 0 Å². The minimum absolute atomic E-state index is 0. The van der Waals surface area contributed by atoms with Crippen LogP contribution < -0.4 is 10.2 Å². The maximum atomic E-state index is 11.5. The first-order chi connectivity index (χ1) is 13.0. The van der Waals surface area contributed by atoms with Gasteiger partial charge in [-0.15, -0.1) is 24.0 Å². The molecule has 3 rings (SSSR count). The highest BCUT2D eigenvalue weighted by molar-refractivity contribution is 14.0. The van der Waals surface area contributed by atoms with Gasteiger partial charge in [0.05, 0.1) is 22.2 Å². The third-order valence-corrected chi connectivity index (χ3v) is 7.06. The van der Waals surface area contributed by atoms with Crippen LogP contribution in [0.2, 0.25) is 5.02 Å². The predicted octanol–water partition coefficient (Wildman–Crippen LogP) is 1.39. The van der Waals surface area contributed by atoms with Gasteiger partial charge in [-0.2, -0.15) is 0 Å². The smallest absolute Gasteiger partial charge is 0.193 e. The second-order valence-electron chi connectivity index (χ2n) is 6.89. The number of rotatable bonds is 4. The molecule has 0 unspecified atom stereocenters. The molecule has 1 aromatic carbocycles. The van der Waals surface area contributed by atoms with Gasteiger partial charge in [0.2, 0.25) is 0 Å². The molecule has 7 nitrogen and oxygen atoms in total. The third-order valence-electron chi connectivity index (χ3n) is 5.13. The average molecular weight is 542 g/mol. The number of hydrogen-bond donors (Lipinski definition) is 1. The van der Waals surface area contributed by atoms with Crippen LogP contribution in [0.4, 0.5) is 5.69 Å². The van der Waals surface area contributed by atoms with Crippen molar-refractivity contribution in [2.75, 3.05) is 75.8 Å². The van der Waals surface area contributed by atoms with E-state index in [-0.39, 0.29) is 35.5 Å². The molecule has 0 bridgehead atoms. The minimum Gasteiger partial charge on any atom is -0.367 e. The lowest BCUT2D eigenvalue weighted by Gasteiger charge is -2.38. The summed E-state index contributed by atoms with van der Waals surface area (Å²) >= 11 is 6.31. The second-order valence-corrected chi connectivity index (χ2v) is 9.60. The molecule has 1 N–H and O–H groups in total. The normalized spacial score (nSPS) is 20.6. The Kier molecular flexibility index (Phi) is 9.10. The zero-order valence-corrected chi connectivity index (χ0v) is 20.1. The van der Waals surface area contributed by atoms with Crippen molar-refractivity contribution in [3.63, 3.8) is 0 Å². The molecule has 2 fully saturated rings. The van der Waals surface area contributed by atoms with Crippen LogP contribution in [0.3, 0.4) is 0 Å². The zero-order valence-electron chi connectivity index (χ0n) is 16.2. The summed E-state index contributed by atoms with van der Waals surface area (Å²) in [4.78, 5) is 11.2. The maximum Gasteiger partial charge on any atom is 0.193 e. The van der Waals surface area contributed by atoms with Crippen LogP contribution in [0.15, 0.2) is 29.3 Å². The molecular formula is C18H29ClIN5O2S.